The second-order valence-electron chi connectivity index (χ2n) is 9.39. The minimum Gasteiger partial charge on any atom is -0.462 e. The molecule has 0 amide bonds. The van der Waals surface area contributed by atoms with Gasteiger partial charge in [-0.2, -0.15) is 0 Å². The number of carbonyl (C=O) groups is 1. The number of ether oxygens (including phenoxy) is 1. The van der Waals surface area contributed by atoms with Crippen molar-refractivity contribution in [1.82, 2.24) is 9.97 Å². The van der Waals surface area contributed by atoms with Gasteiger partial charge in [-0.1, -0.05) is 12.1 Å². The first-order valence-corrected chi connectivity index (χ1v) is 11.3. The molecule has 4 fully saturated rings. The SMILES string of the molecule is CCOC(=O)c1ccccc1Nc1ncnc(NC23CC4CC(CC(C4)C2)C3)c1[N+](=O)[O-]. The molecule has 9 nitrogen and oxygen atoms in total. The Morgan fingerprint density at radius 1 is 1.12 bits per heavy atom. The molecular formula is C23H27N5O4. The molecule has 0 atom stereocenters. The van der Waals surface area contributed by atoms with Crippen LogP contribution in [0.5, 0.6) is 0 Å². The molecule has 6 rings (SSSR count). The second kappa shape index (κ2) is 8.03. The summed E-state index contributed by atoms with van der Waals surface area (Å²) >= 11 is 0. The number of nitro groups is 1. The minimum absolute atomic E-state index is 0.0500. The van der Waals surface area contributed by atoms with Crippen LogP contribution in [0.15, 0.2) is 30.6 Å². The predicted molar refractivity (Wildman–Crippen MR) is 119 cm³/mol. The molecule has 0 saturated heterocycles. The first kappa shape index (κ1) is 20.7. The van der Waals surface area contributed by atoms with Crippen LogP contribution in [0.25, 0.3) is 0 Å². The number of aromatic nitrogens is 2. The number of hydrogen-bond donors (Lipinski definition) is 2. The topological polar surface area (TPSA) is 119 Å². The summed E-state index contributed by atoms with van der Waals surface area (Å²) in [6, 6.07) is 6.74. The lowest BCUT2D eigenvalue weighted by Crippen LogP contribution is -2.55. The summed E-state index contributed by atoms with van der Waals surface area (Å²) in [7, 11) is 0. The van der Waals surface area contributed by atoms with Crippen molar-refractivity contribution in [1.29, 1.82) is 0 Å². The summed E-state index contributed by atoms with van der Waals surface area (Å²) in [6.45, 7) is 1.96. The van der Waals surface area contributed by atoms with Gasteiger partial charge in [0.15, 0.2) is 0 Å². The van der Waals surface area contributed by atoms with Gasteiger partial charge in [0.2, 0.25) is 11.6 Å². The normalized spacial score (nSPS) is 27.7. The third-order valence-electron chi connectivity index (χ3n) is 7.10. The van der Waals surface area contributed by atoms with Crippen LogP contribution in [-0.4, -0.2) is 33.0 Å². The van der Waals surface area contributed by atoms with Gasteiger partial charge in [0.25, 0.3) is 0 Å². The van der Waals surface area contributed by atoms with Crippen LogP contribution < -0.4 is 10.6 Å². The van der Waals surface area contributed by atoms with Crippen molar-refractivity contribution in [2.24, 2.45) is 17.8 Å². The molecule has 0 radical (unpaired) electrons. The number of esters is 1. The summed E-state index contributed by atoms with van der Waals surface area (Å²) in [5, 5.41) is 18.6. The van der Waals surface area contributed by atoms with Gasteiger partial charge in [0, 0.05) is 5.54 Å². The Balaban J connectivity index is 1.47. The Morgan fingerprint density at radius 3 is 2.38 bits per heavy atom. The van der Waals surface area contributed by atoms with E-state index in [0.717, 1.165) is 19.3 Å². The molecule has 1 heterocycles. The predicted octanol–water partition coefficient (Wildman–Crippen LogP) is 4.69. The molecule has 0 unspecified atom stereocenters. The number of benzene rings is 1. The monoisotopic (exact) mass is 437 g/mol. The molecule has 0 aliphatic heterocycles. The molecule has 1 aromatic heterocycles. The maximum Gasteiger partial charge on any atom is 0.353 e. The first-order valence-electron chi connectivity index (χ1n) is 11.3. The molecule has 32 heavy (non-hydrogen) atoms. The van der Waals surface area contributed by atoms with Gasteiger partial charge in [-0.3, -0.25) is 10.1 Å². The highest BCUT2D eigenvalue weighted by molar-refractivity contribution is 5.96. The van der Waals surface area contributed by atoms with Gasteiger partial charge in [-0.15, -0.1) is 0 Å². The van der Waals surface area contributed by atoms with Gasteiger partial charge < -0.3 is 15.4 Å². The minimum atomic E-state index is -0.501. The van der Waals surface area contributed by atoms with Gasteiger partial charge in [0.05, 0.1) is 22.8 Å². The van der Waals surface area contributed by atoms with Crippen molar-refractivity contribution in [2.45, 2.75) is 51.0 Å². The number of nitrogens with zero attached hydrogens (tertiary/aromatic N) is 3. The van der Waals surface area contributed by atoms with Crippen LogP contribution in [0.2, 0.25) is 0 Å². The maximum absolute atomic E-state index is 12.3. The van der Waals surface area contributed by atoms with Crippen molar-refractivity contribution in [3.63, 3.8) is 0 Å². The molecular weight excluding hydrogens is 410 g/mol. The molecule has 4 saturated carbocycles. The highest BCUT2D eigenvalue weighted by Gasteiger charge is 2.51. The van der Waals surface area contributed by atoms with Gasteiger partial charge >= 0.3 is 11.7 Å². The van der Waals surface area contributed by atoms with Gasteiger partial charge in [0.1, 0.15) is 6.33 Å². The van der Waals surface area contributed by atoms with E-state index in [1.165, 1.54) is 25.6 Å². The molecule has 4 bridgehead atoms. The van der Waals surface area contributed by atoms with Crippen LogP contribution in [-0.2, 0) is 4.74 Å². The van der Waals surface area contributed by atoms with Crippen molar-refractivity contribution < 1.29 is 14.5 Å². The lowest BCUT2D eigenvalue weighted by Gasteiger charge is -2.57. The van der Waals surface area contributed by atoms with Gasteiger partial charge in [-0.05, 0) is 75.3 Å². The fraction of sp³-hybridized carbons (Fsp3) is 0.522. The van der Waals surface area contributed by atoms with Crippen molar-refractivity contribution in [3.8, 4) is 0 Å². The van der Waals surface area contributed by atoms with E-state index in [-0.39, 0.29) is 35.0 Å². The van der Waals surface area contributed by atoms with Crippen LogP contribution in [0.1, 0.15) is 55.8 Å². The number of rotatable bonds is 7. The molecule has 4 aliphatic carbocycles. The number of carbonyl (C=O) groups excluding carboxylic acids is 1. The van der Waals surface area contributed by atoms with E-state index in [1.54, 1.807) is 31.2 Å². The van der Waals surface area contributed by atoms with E-state index >= 15 is 0 Å². The van der Waals surface area contributed by atoms with Crippen LogP contribution in [0.4, 0.5) is 23.0 Å². The smallest absolute Gasteiger partial charge is 0.353 e. The van der Waals surface area contributed by atoms with Crippen LogP contribution in [0, 0.1) is 27.9 Å². The maximum atomic E-state index is 12.3. The molecule has 168 valence electrons. The average Bonchev–Trinajstić information content (AvgIpc) is 2.73. The summed E-state index contributed by atoms with van der Waals surface area (Å²) in [6.07, 6.45) is 8.28. The average molecular weight is 438 g/mol. The molecule has 2 N–H and O–H groups in total. The fourth-order valence-corrected chi connectivity index (χ4v) is 6.36. The Hall–Kier alpha value is -3.23. The lowest BCUT2D eigenvalue weighted by atomic mass is 9.53. The third kappa shape index (κ3) is 3.76. The zero-order chi connectivity index (χ0) is 22.3. The highest BCUT2D eigenvalue weighted by atomic mass is 16.6. The zero-order valence-electron chi connectivity index (χ0n) is 18.0. The molecule has 9 heteroatoms. The summed E-state index contributed by atoms with van der Waals surface area (Å²) in [4.78, 5) is 32.4. The van der Waals surface area contributed by atoms with E-state index in [4.69, 9.17) is 4.74 Å². The van der Waals surface area contributed by atoms with Crippen LogP contribution in [0.3, 0.4) is 0 Å². The Kier molecular flexibility index (Phi) is 5.19. The number of para-hydroxylation sites is 1. The van der Waals surface area contributed by atoms with Crippen LogP contribution >= 0.6 is 0 Å². The van der Waals surface area contributed by atoms with Gasteiger partial charge in [-0.25, -0.2) is 14.8 Å². The largest absolute Gasteiger partial charge is 0.462 e. The molecule has 1 aromatic carbocycles. The number of nitrogens with one attached hydrogen (secondary N) is 2. The Morgan fingerprint density at radius 2 is 1.75 bits per heavy atom. The van der Waals surface area contributed by atoms with E-state index < -0.39 is 10.9 Å². The third-order valence-corrected chi connectivity index (χ3v) is 7.10. The van der Waals surface area contributed by atoms with E-state index in [1.807, 2.05) is 0 Å². The highest BCUT2D eigenvalue weighted by Crippen LogP contribution is 2.57. The van der Waals surface area contributed by atoms with E-state index in [2.05, 4.69) is 20.6 Å². The van der Waals surface area contributed by atoms with E-state index in [0.29, 0.717) is 23.4 Å². The zero-order valence-corrected chi connectivity index (χ0v) is 18.0. The summed E-state index contributed by atoms with van der Waals surface area (Å²) in [5.41, 5.74) is 0.349. The number of hydrogen-bond acceptors (Lipinski definition) is 8. The first-order chi connectivity index (χ1) is 15.5. The van der Waals surface area contributed by atoms with Crippen molar-refractivity contribution in [2.75, 3.05) is 17.2 Å². The lowest BCUT2D eigenvalue weighted by molar-refractivity contribution is -0.383. The molecule has 4 aliphatic rings. The quantitative estimate of drug-likeness (QED) is 0.364. The fourth-order valence-electron chi connectivity index (χ4n) is 6.36. The molecule has 0 spiro atoms. The van der Waals surface area contributed by atoms with E-state index in [9.17, 15) is 14.9 Å². The Labute approximate surface area is 186 Å². The standard InChI is InChI=1S/C23H27N5O4/c1-2-32-22(29)17-5-3-4-6-18(17)26-20-19(28(30)31)21(25-13-24-20)27-23-10-14-7-15(11-23)9-16(8-14)12-23/h3-6,13-16H,2,7-12H2,1H3,(H2,24,25,26,27). The summed E-state index contributed by atoms with van der Waals surface area (Å²) in [5.74, 6) is 1.88. The summed E-state index contributed by atoms with van der Waals surface area (Å²) < 4.78 is 5.11. The second-order valence-corrected chi connectivity index (χ2v) is 9.39. The molecule has 2 aromatic rings. The Bertz CT molecular complexity index is 1020. The van der Waals surface area contributed by atoms with Crippen molar-refractivity contribution >= 4 is 29.0 Å². The van der Waals surface area contributed by atoms with Crippen molar-refractivity contribution in [3.05, 3.63) is 46.3 Å². The number of anilines is 3.